The lowest BCUT2D eigenvalue weighted by Crippen LogP contribution is -2.52. The van der Waals surface area contributed by atoms with E-state index < -0.39 is 0 Å². The van der Waals surface area contributed by atoms with Crippen LogP contribution in [0.1, 0.15) is 31.6 Å². The predicted molar refractivity (Wildman–Crippen MR) is 97.3 cm³/mol. The Bertz CT molecular complexity index is 724. The van der Waals surface area contributed by atoms with E-state index in [0.29, 0.717) is 18.3 Å². The van der Waals surface area contributed by atoms with Gasteiger partial charge in [-0.1, -0.05) is 18.0 Å². The van der Waals surface area contributed by atoms with Crippen molar-refractivity contribution in [3.05, 3.63) is 30.4 Å². The highest BCUT2D eigenvalue weighted by Gasteiger charge is 2.36. The number of hydrogen-bond donors (Lipinski definition) is 1. The van der Waals surface area contributed by atoms with Gasteiger partial charge in [0.15, 0.2) is 0 Å². The van der Waals surface area contributed by atoms with Crippen molar-refractivity contribution in [1.29, 1.82) is 0 Å². The van der Waals surface area contributed by atoms with E-state index in [1.807, 2.05) is 12.1 Å². The number of aromatic nitrogens is 3. The molecule has 1 fully saturated rings. The van der Waals surface area contributed by atoms with Crippen LogP contribution in [0.3, 0.4) is 0 Å². The van der Waals surface area contributed by atoms with Crippen molar-refractivity contribution in [2.45, 2.75) is 37.8 Å². The molecule has 140 valence electrons. The first kappa shape index (κ1) is 18.3. The molecule has 0 saturated heterocycles. The Balaban J connectivity index is 1.55. The number of hydrogen-bond acceptors (Lipinski definition) is 6. The summed E-state index contributed by atoms with van der Waals surface area (Å²) in [4.78, 5) is 24.6. The summed E-state index contributed by atoms with van der Waals surface area (Å²) in [5.41, 5.74) is 0.895. The molecule has 0 atom stereocenters. The molecule has 2 aromatic rings. The van der Waals surface area contributed by atoms with E-state index in [-0.39, 0.29) is 18.1 Å². The summed E-state index contributed by atoms with van der Waals surface area (Å²) >= 11 is 0. The van der Waals surface area contributed by atoms with Gasteiger partial charge in [0.05, 0.1) is 0 Å². The highest BCUT2D eigenvalue weighted by molar-refractivity contribution is 5.73. The molecule has 0 bridgehead atoms. The summed E-state index contributed by atoms with van der Waals surface area (Å²) in [5.74, 6) is 0.895. The third kappa shape index (κ3) is 4.01. The van der Waals surface area contributed by atoms with Gasteiger partial charge in [-0.15, -0.1) is 0 Å². The van der Waals surface area contributed by atoms with Crippen LogP contribution in [-0.2, 0) is 6.54 Å². The van der Waals surface area contributed by atoms with Gasteiger partial charge in [0, 0.05) is 37.1 Å². The fraction of sp³-hybridized carbons (Fsp3) is 0.556. The van der Waals surface area contributed by atoms with Gasteiger partial charge in [0.25, 0.3) is 0 Å². The van der Waals surface area contributed by atoms with E-state index in [0.717, 1.165) is 18.4 Å². The zero-order valence-corrected chi connectivity index (χ0v) is 15.6. The van der Waals surface area contributed by atoms with Crippen molar-refractivity contribution >= 4 is 6.03 Å². The van der Waals surface area contributed by atoms with Gasteiger partial charge in [-0.3, -0.25) is 4.98 Å². The Morgan fingerprint density at radius 3 is 2.58 bits per heavy atom. The molecule has 2 aromatic heterocycles. The molecular formula is C18H26N6O2. The van der Waals surface area contributed by atoms with Gasteiger partial charge in [-0.2, -0.15) is 4.98 Å². The molecule has 1 aliphatic carbocycles. The van der Waals surface area contributed by atoms with Crippen LogP contribution in [0.2, 0.25) is 0 Å². The third-order valence-corrected chi connectivity index (χ3v) is 5.18. The maximum Gasteiger partial charge on any atom is 0.317 e. The van der Waals surface area contributed by atoms with Crippen molar-refractivity contribution in [1.82, 2.24) is 30.2 Å². The first-order valence-electron chi connectivity index (χ1n) is 8.89. The zero-order chi connectivity index (χ0) is 18.6. The second-order valence-corrected chi connectivity index (χ2v) is 7.09. The largest absolute Gasteiger partial charge is 0.337 e. The van der Waals surface area contributed by atoms with Gasteiger partial charge < -0.3 is 19.6 Å². The Morgan fingerprint density at radius 1 is 1.23 bits per heavy atom. The predicted octanol–water partition coefficient (Wildman–Crippen LogP) is 2.15. The van der Waals surface area contributed by atoms with Crippen molar-refractivity contribution in [3.63, 3.8) is 0 Å². The Kier molecular flexibility index (Phi) is 5.51. The van der Waals surface area contributed by atoms with Crippen molar-refractivity contribution in [2.75, 3.05) is 27.7 Å². The molecule has 1 saturated carbocycles. The molecule has 1 N–H and O–H groups in total. The number of pyridine rings is 1. The maximum atomic E-state index is 12.4. The smallest absolute Gasteiger partial charge is 0.317 e. The summed E-state index contributed by atoms with van der Waals surface area (Å²) < 4.78 is 5.26. The molecular weight excluding hydrogens is 332 g/mol. The Hall–Kier alpha value is -2.48. The number of amides is 2. The van der Waals surface area contributed by atoms with Crippen molar-refractivity contribution in [2.24, 2.45) is 0 Å². The van der Waals surface area contributed by atoms with E-state index in [4.69, 9.17) is 4.52 Å². The van der Waals surface area contributed by atoms with Crippen molar-refractivity contribution in [3.8, 4) is 11.4 Å². The summed E-state index contributed by atoms with van der Waals surface area (Å²) in [5, 5.41) is 7.02. The van der Waals surface area contributed by atoms with Gasteiger partial charge >= 0.3 is 6.03 Å². The molecule has 2 heterocycles. The van der Waals surface area contributed by atoms with Crippen LogP contribution in [-0.4, -0.2) is 64.2 Å². The molecule has 0 aliphatic heterocycles. The third-order valence-electron chi connectivity index (χ3n) is 5.18. The number of carbonyl (C=O) groups excluding carboxylic acids is 1. The minimum Gasteiger partial charge on any atom is -0.337 e. The minimum atomic E-state index is -0.137. The van der Waals surface area contributed by atoms with Gasteiger partial charge in [0.2, 0.25) is 11.7 Å². The molecule has 26 heavy (non-hydrogen) atoms. The highest BCUT2D eigenvalue weighted by atomic mass is 16.5. The number of urea groups is 1. The molecule has 8 heteroatoms. The maximum absolute atomic E-state index is 12.4. The van der Waals surface area contributed by atoms with E-state index >= 15 is 0 Å². The number of rotatable bonds is 6. The lowest BCUT2D eigenvalue weighted by molar-refractivity contribution is 0.147. The monoisotopic (exact) mass is 358 g/mol. The van der Waals surface area contributed by atoms with Crippen molar-refractivity contribution < 1.29 is 9.32 Å². The Labute approximate surface area is 153 Å². The molecule has 3 rings (SSSR count). The van der Waals surface area contributed by atoms with E-state index in [9.17, 15) is 4.79 Å². The first-order valence-corrected chi connectivity index (χ1v) is 8.89. The molecule has 0 aromatic carbocycles. The average molecular weight is 358 g/mol. The number of nitrogens with zero attached hydrogens (tertiary/aromatic N) is 5. The quantitative estimate of drug-likeness (QED) is 0.851. The zero-order valence-electron chi connectivity index (χ0n) is 15.6. The summed E-state index contributed by atoms with van der Waals surface area (Å²) in [6.45, 7) is 0.911. The number of likely N-dealkylation sites (N-methyl/N-ethyl adjacent to an activating group) is 1. The molecule has 1 aliphatic rings. The number of carbonyl (C=O) groups is 1. The summed E-state index contributed by atoms with van der Waals surface area (Å²) in [7, 11) is 5.89. The fourth-order valence-electron chi connectivity index (χ4n) is 3.40. The summed E-state index contributed by atoms with van der Waals surface area (Å²) in [6, 6.07) is 3.49. The average Bonchev–Trinajstić information content (AvgIpc) is 3.30. The second-order valence-electron chi connectivity index (χ2n) is 7.09. The lowest BCUT2D eigenvalue weighted by Gasteiger charge is -2.36. The van der Waals surface area contributed by atoms with E-state index in [1.54, 1.807) is 24.3 Å². The van der Waals surface area contributed by atoms with Crippen LogP contribution >= 0.6 is 0 Å². The standard InChI is InChI=1S/C18H26N6O2/c1-23(2)18(8-4-5-9-18)13-20-17(25)24(3)12-15-21-16(22-26-15)14-6-10-19-11-7-14/h6-7,10-11H,4-5,8-9,12-13H2,1-3H3,(H,20,25). The lowest BCUT2D eigenvalue weighted by atomic mass is 9.96. The minimum absolute atomic E-state index is 0.0650. The van der Waals surface area contributed by atoms with Gasteiger partial charge in [-0.25, -0.2) is 4.79 Å². The second kappa shape index (κ2) is 7.82. The first-order chi connectivity index (χ1) is 12.5. The normalized spacial score (nSPS) is 16.0. The van der Waals surface area contributed by atoms with Crippen LogP contribution in [0.5, 0.6) is 0 Å². The van der Waals surface area contributed by atoms with E-state index in [1.165, 1.54) is 12.8 Å². The van der Waals surface area contributed by atoms with E-state index in [2.05, 4.69) is 39.4 Å². The topological polar surface area (TPSA) is 87.4 Å². The van der Waals surface area contributed by atoms with Gasteiger partial charge in [0.1, 0.15) is 6.54 Å². The fourth-order valence-corrected chi connectivity index (χ4v) is 3.40. The molecule has 0 radical (unpaired) electrons. The summed E-state index contributed by atoms with van der Waals surface area (Å²) in [6.07, 6.45) is 8.00. The SMILES string of the molecule is CN(Cc1nc(-c2ccncc2)no1)C(=O)NCC1(N(C)C)CCCC1. The van der Waals surface area contributed by atoms with Crippen LogP contribution in [0.4, 0.5) is 4.79 Å². The number of nitrogens with one attached hydrogen (secondary N) is 1. The Morgan fingerprint density at radius 2 is 1.92 bits per heavy atom. The van der Waals surface area contributed by atoms with Crippen LogP contribution < -0.4 is 5.32 Å². The molecule has 2 amide bonds. The molecule has 0 unspecified atom stereocenters. The highest BCUT2D eigenvalue weighted by Crippen LogP contribution is 2.33. The molecule has 8 nitrogen and oxygen atoms in total. The van der Waals surface area contributed by atoms with Gasteiger partial charge in [-0.05, 0) is 39.1 Å². The van der Waals surface area contributed by atoms with Crippen LogP contribution in [0.15, 0.2) is 29.0 Å². The molecule has 0 spiro atoms. The van der Waals surface area contributed by atoms with Crippen LogP contribution in [0.25, 0.3) is 11.4 Å². The van der Waals surface area contributed by atoms with Crippen LogP contribution in [0, 0.1) is 0 Å².